The molecule has 1 fully saturated rings. The van der Waals surface area contributed by atoms with E-state index in [0.717, 1.165) is 17.8 Å². The van der Waals surface area contributed by atoms with Gasteiger partial charge in [0.15, 0.2) is 0 Å². The highest BCUT2D eigenvalue weighted by Gasteiger charge is 2.26. The monoisotopic (exact) mass is 325 g/mol. The first-order valence-corrected chi connectivity index (χ1v) is 8.07. The number of hydrogen-bond donors (Lipinski definition) is 0. The zero-order valence-electron chi connectivity index (χ0n) is 12.7. The van der Waals surface area contributed by atoms with Gasteiger partial charge in [-0.2, -0.15) is 0 Å². The minimum atomic E-state index is -0.466. The molecule has 2 heterocycles. The van der Waals surface area contributed by atoms with Crippen LogP contribution in [0.1, 0.15) is 34.3 Å². The van der Waals surface area contributed by atoms with E-state index in [4.69, 9.17) is 0 Å². The van der Waals surface area contributed by atoms with E-state index in [-0.39, 0.29) is 17.5 Å². The molecule has 8 heteroatoms. The van der Waals surface area contributed by atoms with E-state index in [1.165, 1.54) is 6.07 Å². The zero-order valence-corrected chi connectivity index (χ0v) is 13.5. The highest BCUT2D eigenvalue weighted by atomic mass is 32.1. The molecule has 1 saturated heterocycles. The Labute approximate surface area is 132 Å². The molecule has 2 amide bonds. The third kappa shape index (κ3) is 3.44. The summed E-state index contributed by atoms with van der Waals surface area (Å²) >= 11 is 1.15. The van der Waals surface area contributed by atoms with Gasteiger partial charge in [-0.25, -0.2) is 0 Å². The summed E-state index contributed by atoms with van der Waals surface area (Å²) in [4.78, 5) is 39.0. The summed E-state index contributed by atoms with van der Waals surface area (Å²) < 4.78 is 0. The number of carbonyl (C=O) groups is 2. The second kappa shape index (κ2) is 6.87. The molecule has 0 saturated carbocycles. The Morgan fingerprint density at radius 3 is 2.50 bits per heavy atom. The van der Waals surface area contributed by atoms with Gasteiger partial charge in [-0.05, 0) is 13.3 Å². The summed E-state index contributed by atoms with van der Waals surface area (Å²) in [7, 11) is 0. The van der Waals surface area contributed by atoms with Crippen LogP contribution in [0.15, 0.2) is 6.07 Å². The van der Waals surface area contributed by atoms with Gasteiger partial charge in [0.2, 0.25) is 5.91 Å². The first-order chi connectivity index (χ1) is 10.4. The maximum absolute atomic E-state index is 12.5. The van der Waals surface area contributed by atoms with Crippen LogP contribution in [0.3, 0.4) is 0 Å². The molecule has 0 unspecified atom stereocenters. The lowest BCUT2D eigenvalue weighted by Gasteiger charge is -2.21. The van der Waals surface area contributed by atoms with Gasteiger partial charge in [-0.15, -0.1) is 11.3 Å². The van der Waals surface area contributed by atoms with Crippen LogP contribution in [0.4, 0.5) is 5.69 Å². The minimum Gasteiger partial charge on any atom is -0.341 e. The van der Waals surface area contributed by atoms with Crippen molar-refractivity contribution in [1.29, 1.82) is 0 Å². The predicted octanol–water partition coefficient (Wildman–Crippen LogP) is 2.05. The highest BCUT2D eigenvalue weighted by molar-refractivity contribution is 7.14. The van der Waals surface area contributed by atoms with Gasteiger partial charge in [-0.3, -0.25) is 19.7 Å². The molecular formula is C14H19N3O4S. The molecule has 0 radical (unpaired) electrons. The molecular weight excluding hydrogens is 306 g/mol. The fourth-order valence-corrected chi connectivity index (χ4v) is 3.46. The molecule has 0 aromatic carbocycles. The fourth-order valence-electron chi connectivity index (χ4n) is 2.51. The molecule has 0 spiro atoms. The van der Waals surface area contributed by atoms with Crippen molar-refractivity contribution < 1.29 is 14.5 Å². The summed E-state index contributed by atoms with van der Waals surface area (Å²) in [5, 5.41) is 10.9. The molecule has 22 heavy (non-hydrogen) atoms. The van der Waals surface area contributed by atoms with E-state index in [1.54, 1.807) is 16.7 Å². The topological polar surface area (TPSA) is 83.8 Å². The molecule has 0 N–H and O–H groups in total. The number of hydrogen-bond acceptors (Lipinski definition) is 5. The Kier molecular flexibility index (Phi) is 5.12. The number of aryl methyl sites for hydroxylation is 1. The number of thiophene rings is 1. The summed E-state index contributed by atoms with van der Waals surface area (Å²) in [6, 6.07) is 1.35. The van der Waals surface area contributed by atoms with Crippen LogP contribution in [0, 0.1) is 17.0 Å². The Hall–Kier alpha value is -1.96. The SMILES string of the molecule is CCC(=O)N1CCCN(C(=O)c2cc([N+](=O)[O-])c(C)s2)CC1. The molecule has 1 aliphatic heterocycles. The number of amides is 2. The van der Waals surface area contributed by atoms with Crippen molar-refractivity contribution in [3.8, 4) is 0 Å². The van der Waals surface area contributed by atoms with Crippen LogP contribution < -0.4 is 0 Å². The van der Waals surface area contributed by atoms with Crippen LogP contribution in [-0.2, 0) is 4.79 Å². The van der Waals surface area contributed by atoms with Crippen LogP contribution in [-0.4, -0.2) is 52.7 Å². The second-order valence-corrected chi connectivity index (χ2v) is 6.45. The van der Waals surface area contributed by atoms with Crippen molar-refractivity contribution in [3.05, 3.63) is 25.9 Å². The Morgan fingerprint density at radius 2 is 1.91 bits per heavy atom. The molecule has 0 aliphatic carbocycles. The van der Waals surface area contributed by atoms with Gasteiger partial charge in [0, 0.05) is 38.7 Å². The average molecular weight is 325 g/mol. The van der Waals surface area contributed by atoms with Crippen LogP contribution >= 0.6 is 11.3 Å². The number of carbonyl (C=O) groups excluding carboxylic acids is 2. The van der Waals surface area contributed by atoms with E-state index in [2.05, 4.69) is 0 Å². The Morgan fingerprint density at radius 1 is 1.27 bits per heavy atom. The third-order valence-electron chi connectivity index (χ3n) is 3.74. The van der Waals surface area contributed by atoms with E-state index < -0.39 is 4.92 Å². The number of rotatable bonds is 3. The molecule has 1 aromatic rings. The molecule has 1 aliphatic rings. The predicted molar refractivity (Wildman–Crippen MR) is 83.1 cm³/mol. The standard InChI is InChI=1S/C14H19N3O4S/c1-3-13(18)15-5-4-6-16(8-7-15)14(19)12-9-11(17(20)21)10(2)22-12/h9H,3-8H2,1-2H3. The lowest BCUT2D eigenvalue weighted by Crippen LogP contribution is -2.36. The van der Waals surface area contributed by atoms with Crippen molar-refractivity contribution in [1.82, 2.24) is 9.80 Å². The van der Waals surface area contributed by atoms with Crippen molar-refractivity contribution >= 4 is 28.8 Å². The van der Waals surface area contributed by atoms with Gasteiger partial charge in [0.25, 0.3) is 11.6 Å². The second-order valence-electron chi connectivity index (χ2n) is 5.19. The van der Waals surface area contributed by atoms with Gasteiger partial charge in [0.1, 0.15) is 0 Å². The molecule has 2 rings (SSSR count). The quantitative estimate of drug-likeness (QED) is 0.629. The van der Waals surface area contributed by atoms with Gasteiger partial charge >= 0.3 is 0 Å². The molecule has 0 bridgehead atoms. The molecule has 0 atom stereocenters. The maximum Gasteiger partial charge on any atom is 0.283 e. The Bertz CT molecular complexity index is 599. The lowest BCUT2D eigenvalue weighted by molar-refractivity contribution is -0.385. The van der Waals surface area contributed by atoms with Crippen LogP contribution in [0.2, 0.25) is 0 Å². The van der Waals surface area contributed by atoms with Crippen LogP contribution in [0.5, 0.6) is 0 Å². The molecule has 7 nitrogen and oxygen atoms in total. The van der Waals surface area contributed by atoms with Crippen LogP contribution in [0.25, 0.3) is 0 Å². The summed E-state index contributed by atoms with van der Waals surface area (Å²) in [6.45, 7) is 5.67. The number of nitro groups is 1. The largest absolute Gasteiger partial charge is 0.341 e. The lowest BCUT2D eigenvalue weighted by atomic mass is 10.3. The normalized spacial score (nSPS) is 15.5. The van der Waals surface area contributed by atoms with Crippen molar-refractivity contribution in [2.45, 2.75) is 26.7 Å². The van der Waals surface area contributed by atoms with E-state index >= 15 is 0 Å². The van der Waals surface area contributed by atoms with Gasteiger partial charge in [-0.1, -0.05) is 6.92 Å². The molecule has 120 valence electrons. The van der Waals surface area contributed by atoms with E-state index in [1.807, 2.05) is 6.92 Å². The first-order valence-electron chi connectivity index (χ1n) is 7.26. The van der Waals surface area contributed by atoms with E-state index in [0.29, 0.717) is 42.4 Å². The number of nitrogens with zero attached hydrogens (tertiary/aromatic N) is 3. The van der Waals surface area contributed by atoms with Crippen molar-refractivity contribution in [3.63, 3.8) is 0 Å². The molecule has 1 aromatic heterocycles. The average Bonchev–Trinajstić information content (AvgIpc) is 2.73. The van der Waals surface area contributed by atoms with Crippen molar-refractivity contribution in [2.24, 2.45) is 0 Å². The van der Waals surface area contributed by atoms with Gasteiger partial charge < -0.3 is 9.80 Å². The summed E-state index contributed by atoms with van der Waals surface area (Å²) in [5.41, 5.74) is -0.00837. The van der Waals surface area contributed by atoms with Gasteiger partial charge in [0.05, 0.1) is 14.7 Å². The summed E-state index contributed by atoms with van der Waals surface area (Å²) in [6.07, 6.45) is 1.19. The third-order valence-corrected chi connectivity index (χ3v) is 4.77. The first kappa shape index (κ1) is 16.4. The van der Waals surface area contributed by atoms with E-state index in [9.17, 15) is 19.7 Å². The summed E-state index contributed by atoms with van der Waals surface area (Å²) in [5.74, 6) is -0.0936. The maximum atomic E-state index is 12.5. The zero-order chi connectivity index (χ0) is 16.3. The minimum absolute atomic E-state index is 0.00837. The fraction of sp³-hybridized carbons (Fsp3) is 0.571. The van der Waals surface area contributed by atoms with Crippen molar-refractivity contribution in [2.75, 3.05) is 26.2 Å². The smallest absolute Gasteiger partial charge is 0.283 e. The Balaban J connectivity index is 2.08. The highest BCUT2D eigenvalue weighted by Crippen LogP contribution is 2.29.